The van der Waals surface area contributed by atoms with Gasteiger partial charge in [-0.1, -0.05) is 12.1 Å². The number of anilines is 1. The van der Waals surface area contributed by atoms with Gasteiger partial charge in [-0.3, -0.25) is 4.79 Å². The lowest BCUT2D eigenvalue weighted by atomic mass is 10.1. The highest BCUT2D eigenvalue weighted by atomic mass is 32.1. The monoisotopic (exact) mass is 248 g/mol. The van der Waals surface area contributed by atoms with Crippen molar-refractivity contribution >= 4 is 24.2 Å². The van der Waals surface area contributed by atoms with Crippen LogP contribution in [0, 0.1) is 0 Å². The number of nitrogens with zero attached hydrogens (tertiary/aromatic N) is 1. The zero-order valence-corrected chi connectivity index (χ0v) is 10.7. The molecule has 2 aliphatic heterocycles. The van der Waals surface area contributed by atoms with Crippen LogP contribution < -0.4 is 5.32 Å². The molecule has 1 aromatic rings. The summed E-state index contributed by atoms with van der Waals surface area (Å²) in [6, 6.07) is 7.86. The van der Waals surface area contributed by atoms with Gasteiger partial charge in [0.25, 0.3) is 5.91 Å². The van der Waals surface area contributed by atoms with Crippen LogP contribution in [0.4, 0.5) is 5.69 Å². The predicted molar refractivity (Wildman–Crippen MR) is 71.5 cm³/mol. The first-order chi connectivity index (χ1) is 8.13. The molecule has 0 aliphatic carbocycles. The molecule has 2 heterocycles. The second-order valence-electron chi connectivity index (χ2n) is 4.85. The number of carbonyl (C=O) groups is 1. The first kappa shape index (κ1) is 11.0. The molecule has 1 N–H and O–H groups in total. The standard InChI is InChI=1S/C13H16N2OS/c1-9-13(17)7-4-8-15(13)12(16)10-5-2-3-6-11(10)14-9/h2-3,5-6,9,14,17H,4,7-8H2,1H3. The average Bonchev–Trinajstić information content (AvgIpc) is 2.69. The number of amides is 1. The van der Waals surface area contributed by atoms with E-state index in [0.29, 0.717) is 0 Å². The molecule has 2 atom stereocenters. The van der Waals surface area contributed by atoms with Gasteiger partial charge in [-0.05, 0) is 31.9 Å². The summed E-state index contributed by atoms with van der Waals surface area (Å²) in [7, 11) is 0. The van der Waals surface area contributed by atoms with Gasteiger partial charge in [-0.2, -0.15) is 0 Å². The number of fused-ring (bicyclic) bond motifs is 2. The summed E-state index contributed by atoms with van der Waals surface area (Å²) >= 11 is 4.78. The minimum atomic E-state index is -0.351. The summed E-state index contributed by atoms with van der Waals surface area (Å²) in [6.45, 7) is 2.91. The van der Waals surface area contributed by atoms with Crippen LogP contribution in [0.5, 0.6) is 0 Å². The maximum Gasteiger partial charge on any atom is 0.257 e. The molecule has 4 heteroatoms. The predicted octanol–water partition coefficient (Wildman–Crippen LogP) is 2.36. The third-order valence-electron chi connectivity index (χ3n) is 3.86. The third-order valence-corrected chi connectivity index (χ3v) is 4.71. The van der Waals surface area contributed by atoms with Crippen LogP contribution in [-0.2, 0) is 0 Å². The molecule has 2 unspecified atom stereocenters. The SMILES string of the molecule is CC1Nc2ccccc2C(=O)N2CCCC12S. The van der Waals surface area contributed by atoms with Crippen molar-refractivity contribution in [1.29, 1.82) is 0 Å². The van der Waals surface area contributed by atoms with Crippen molar-refractivity contribution in [3.63, 3.8) is 0 Å². The number of hydrogen-bond donors (Lipinski definition) is 2. The largest absolute Gasteiger partial charge is 0.379 e. The minimum Gasteiger partial charge on any atom is -0.379 e. The van der Waals surface area contributed by atoms with E-state index in [2.05, 4.69) is 12.2 Å². The molecule has 1 amide bonds. The first-order valence-corrected chi connectivity index (χ1v) is 6.47. The fourth-order valence-corrected chi connectivity index (χ4v) is 3.26. The number of thiol groups is 1. The number of para-hydroxylation sites is 1. The molecule has 0 radical (unpaired) electrons. The second kappa shape index (κ2) is 3.67. The Hall–Kier alpha value is -1.16. The highest BCUT2D eigenvalue weighted by molar-refractivity contribution is 7.81. The Bertz CT molecular complexity index is 476. The van der Waals surface area contributed by atoms with Crippen LogP contribution in [0.3, 0.4) is 0 Å². The molecule has 1 fully saturated rings. The van der Waals surface area contributed by atoms with Crippen molar-refractivity contribution in [2.75, 3.05) is 11.9 Å². The average molecular weight is 248 g/mol. The quantitative estimate of drug-likeness (QED) is 0.691. The van der Waals surface area contributed by atoms with Gasteiger partial charge in [0.05, 0.1) is 11.6 Å². The van der Waals surface area contributed by atoms with Crippen LogP contribution in [-0.4, -0.2) is 28.3 Å². The molecule has 3 rings (SSSR count). The zero-order chi connectivity index (χ0) is 12.0. The Labute approximate surface area is 107 Å². The van der Waals surface area contributed by atoms with Crippen molar-refractivity contribution in [2.24, 2.45) is 0 Å². The van der Waals surface area contributed by atoms with Crippen molar-refractivity contribution in [3.05, 3.63) is 29.8 Å². The molecule has 2 aliphatic rings. The summed E-state index contributed by atoms with van der Waals surface area (Å²) < 4.78 is 0. The van der Waals surface area contributed by atoms with Crippen molar-refractivity contribution in [3.8, 4) is 0 Å². The molecular formula is C13H16N2OS. The van der Waals surface area contributed by atoms with Crippen LogP contribution in [0.25, 0.3) is 0 Å². The molecule has 1 saturated heterocycles. The van der Waals surface area contributed by atoms with Gasteiger partial charge in [0.2, 0.25) is 0 Å². The van der Waals surface area contributed by atoms with E-state index in [4.69, 9.17) is 12.6 Å². The Balaban J connectivity index is 2.13. The number of carbonyl (C=O) groups excluding carboxylic acids is 1. The van der Waals surface area contributed by atoms with Gasteiger partial charge in [0.15, 0.2) is 0 Å². The molecule has 17 heavy (non-hydrogen) atoms. The molecule has 1 aromatic carbocycles. The Morgan fingerprint density at radius 1 is 1.47 bits per heavy atom. The van der Waals surface area contributed by atoms with Crippen molar-refractivity contribution < 1.29 is 4.79 Å². The number of benzene rings is 1. The van der Waals surface area contributed by atoms with Crippen LogP contribution >= 0.6 is 12.6 Å². The lowest BCUT2D eigenvalue weighted by Gasteiger charge is -2.37. The fraction of sp³-hybridized carbons (Fsp3) is 0.462. The van der Waals surface area contributed by atoms with E-state index in [1.165, 1.54) is 0 Å². The summed E-state index contributed by atoms with van der Waals surface area (Å²) in [4.78, 5) is 14.1. The van der Waals surface area contributed by atoms with E-state index in [1.807, 2.05) is 29.2 Å². The maximum absolute atomic E-state index is 12.5. The van der Waals surface area contributed by atoms with Crippen LogP contribution in [0.1, 0.15) is 30.1 Å². The normalized spacial score (nSPS) is 31.5. The highest BCUT2D eigenvalue weighted by Crippen LogP contribution is 2.41. The molecular weight excluding hydrogens is 232 g/mol. The summed E-state index contributed by atoms with van der Waals surface area (Å²) in [5.74, 6) is 0.102. The van der Waals surface area contributed by atoms with E-state index < -0.39 is 0 Å². The van der Waals surface area contributed by atoms with Gasteiger partial charge in [-0.15, -0.1) is 12.6 Å². The van der Waals surface area contributed by atoms with Crippen molar-refractivity contribution in [1.82, 2.24) is 4.90 Å². The van der Waals surface area contributed by atoms with E-state index in [0.717, 1.165) is 30.6 Å². The smallest absolute Gasteiger partial charge is 0.257 e. The lowest BCUT2D eigenvalue weighted by molar-refractivity contribution is 0.0707. The molecule has 0 saturated carbocycles. The maximum atomic E-state index is 12.5. The Morgan fingerprint density at radius 2 is 2.24 bits per heavy atom. The summed E-state index contributed by atoms with van der Waals surface area (Å²) in [5, 5.41) is 3.43. The van der Waals surface area contributed by atoms with E-state index in [9.17, 15) is 4.79 Å². The summed E-state index contributed by atoms with van der Waals surface area (Å²) in [5.41, 5.74) is 1.69. The van der Waals surface area contributed by atoms with Crippen LogP contribution in [0.2, 0.25) is 0 Å². The Morgan fingerprint density at radius 3 is 3.06 bits per heavy atom. The number of rotatable bonds is 0. The van der Waals surface area contributed by atoms with Gasteiger partial charge in [-0.25, -0.2) is 0 Å². The lowest BCUT2D eigenvalue weighted by Crippen LogP contribution is -2.50. The second-order valence-corrected chi connectivity index (χ2v) is 5.62. The zero-order valence-electron chi connectivity index (χ0n) is 9.81. The van der Waals surface area contributed by atoms with Crippen molar-refractivity contribution in [2.45, 2.75) is 30.7 Å². The number of nitrogens with one attached hydrogen (secondary N) is 1. The van der Waals surface area contributed by atoms with Gasteiger partial charge in [0, 0.05) is 12.2 Å². The molecule has 0 aromatic heterocycles. The molecule has 3 nitrogen and oxygen atoms in total. The fourth-order valence-electron chi connectivity index (χ4n) is 2.84. The van der Waals surface area contributed by atoms with E-state index in [-0.39, 0.29) is 16.8 Å². The first-order valence-electron chi connectivity index (χ1n) is 6.03. The Kier molecular flexibility index (Phi) is 2.36. The van der Waals surface area contributed by atoms with Gasteiger partial charge >= 0.3 is 0 Å². The molecule has 0 bridgehead atoms. The minimum absolute atomic E-state index is 0.102. The molecule has 90 valence electrons. The molecule has 0 spiro atoms. The highest BCUT2D eigenvalue weighted by Gasteiger charge is 2.47. The third kappa shape index (κ3) is 1.47. The number of hydrogen-bond acceptors (Lipinski definition) is 3. The summed E-state index contributed by atoms with van der Waals surface area (Å²) in [6.07, 6.45) is 1.98. The van der Waals surface area contributed by atoms with E-state index in [1.54, 1.807) is 0 Å². The van der Waals surface area contributed by atoms with E-state index >= 15 is 0 Å². The van der Waals surface area contributed by atoms with Gasteiger partial charge in [0.1, 0.15) is 4.87 Å². The van der Waals surface area contributed by atoms with Crippen LogP contribution in [0.15, 0.2) is 24.3 Å². The van der Waals surface area contributed by atoms with Gasteiger partial charge < -0.3 is 10.2 Å². The topological polar surface area (TPSA) is 32.3 Å².